The number of hydrogen-bond acceptors (Lipinski definition) is 3. The van der Waals surface area contributed by atoms with Crippen molar-refractivity contribution in [3.63, 3.8) is 0 Å². The molecule has 1 aliphatic heterocycles. The second-order valence-electron chi connectivity index (χ2n) is 5.17. The normalized spacial score (nSPS) is 16.9. The van der Waals surface area contributed by atoms with Crippen LogP contribution in [-0.4, -0.2) is 37.6 Å². The van der Waals surface area contributed by atoms with Crippen LogP contribution in [0.4, 0.5) is 5.69 Å². The zero-order chi connectivity index (χ0) is 13.0. The molecule has 3 nitrogen and oxygen atoms in total. The topological polar surface area (TPSA) is 30.3 Å². The van der Waals surface area contributed by atoms with Crippen molar-refractivity contribution in [1.82, 2.24) is 4.90 Å². The summed E-state index contributed by atoms with van der Waals surface area (Å²) in [6, 6.07) is 11.0. The number of piperazine rings is 1. The van der Waals surface area contributed by atoms with Crippen molar-refractivity contribution in [3.05, 3.63) is 29.8 Å². The van der Waals surface area contributed by atoms with E-state index in [0.29, 0.717) is 12.5 Å². The van der Waals surface area contributed by atoms with E-state index in [1.807, 2.05) is 0 Å². The summed E-state index contributed by atoms with van der Waals surface area (Å²) >= 11 is 0. The Balaban J connectivity index is 2.01. The first-order valence-corrected chi connectivity index (χ1v) is 6.65. The highest BCUT2D eigenvalue weighted by Gasteiger charge is 2.16. The summed E-state index contributed by atoms with van der Waals surface area (Å²) in [7, 11) is 0. The van der Waals surface area contributed by atoms with E-state index >= 15 is 0 Å². The number of nitrogens with zero attached hydrogens (tertiary/aromatic N) is 3. The van der Waals surface area contributed by atoms with Gasteiger partial charge in [-0.2, -0.15) is 5.26 Å². The fraction of sp³-hybridized carbons (Fsp3) is 0.533. The molecule has 1 heterocycles. The minimum absolute atomic E-state index is 0.555. The summed E-state index contributed by atoms with van der Waals surface area (Å²) in [5, 5.41) is 8.69. The SMILES string of the molecule is CC(C)c1cccc(N2CCN(CC#N)CC2)c1. The lowest BCUT2D eigenvalue weighted by Gasteiger charge is -2.35. The van der Waals surface area contributed by atoms with Crippen molar-refractivity contribution in [2.45, 2.75) is 19.8 Å². The molecule has 0 atom stereocenters. The zero-order valence-corrected chi connectivity index (χ0v) is 11.3. The van der Waals surface area contributed by atoms with Crippen LogP contribution in [0.25, 0.3) is 0 Å². The summed E-state index contributed by atoms with van der Waals surface area (Å²) in [6.07, 6.45) is 0. The lowest BCUT2D eigenvalue weighted by Crippen LogP contribution is -2.46. The molecule has 3 heteroatoms. The van der Waals surface area contributed by atoms with Crippen molar-refractivity contribution in [2.24, 2.45) is 0 Å². The molecule has 1 fully saturated rings. The number of nitriles is 1. The third-order valence-corrected chi connectivity index (χ3v) is 3.57. The Morgan fingerprint density at radius 1 is 1.22 bits per heavy atom. The molecule has 0 N–H and O–H groups in total. The Morgan fingerprint density at radius 2 is 1.94 bits per heavy atom. The minimum atomic E-state index is 0.555. The molecule has 1 aromatic rings. The Kier molecular flexibility index (Phi) is 4.22. The summed E-state index contributed by atoms with van der Waals surface area (Å²) in [6.45, 7) is 9.01. The van der Waals surface area contributed by atoms with Gasteiger partial charge in [0.2, 0.25) is 0 Å². The highest BCUT2D eigenvalue weighted by molar-refractivity contribution is 5.49. The third-order valence-electron chi connectivity index (χ3n) is 3.57. The molecule has 0 spiro atoms. The van der Waals surface area contributed by atoms with Crippen LogP contribution < -0.4 is 4.90 Å². The molecule has 0 bridgehead atoms. The molecule has 18 heavy (non-hydrogen) atoms. The lowest BCUT2D eigenvalue weighted by atomic mass is 10.0. The maximum Gasteiger partial charge on any atom is 0.0867 e. The van der Waals surface area contributed by atoms with Gasteiger partial charge in [-0.15, -0.1) is 0 Å². The average molecular weight is 243 g/mol. The Morgan fingerprint density at radius 3 is 2.56 bits per heavy atom. The van der Waals surface area contributed by atoms with Crippen molar-refractivity contribution < 1.29 is 0 Å². The van der Waals surface area contributed by atoms with E-state index in [2.05, 4.69) is 54.0 Å². The predicted octanol–water partition coefficient (Wildman–Crippen LogP) is 2.46. The van der Waals surface area contributed by atoms with Crippen LogP contribution in [0.2, 0.25) is 0 Å². The monoisotopic (exact) mass is 243 g/mol. The van der Waals surface area contributed by atoms with Gasteiger partial charge in [0.1, 0.15) is 0 Å². The van der Waals surface area contributed by atoms with Crippen LogP contribution in [0.15, 0.2) is 24.3 Å². The van der Waals surface area contributed by atoms with Crippen LogP contribution in [-0.2, 0) is 0 Å². The van der Waals surface area contributed by atoms with Crippen molar-refractivity contribution in [1.29, 1.82) is 5.26 Å². The van der Waals surface area contributed by atoms with E-state index in [4.69, 9.17) is 5.26 Å². The van der Waals surface area contributed by atoms with Crippen LogP contribution in [0.3, 0.4) is 0 Å². The summed E-state index contributed by atoms with van der Waals surface area (Å²) in [5.74, 6) is 0.574. The Hall–Kier alpha value is -1.53. The van der Waals surface area contributed by atoms with E-state index in [-0.39, 0.29) is 0 Å². The Labute approximate surface area is 110 Å². The number of hydrogen-bond donors (Lipinski definition) is 0. The summed E-state index contributed by atoms with van der Waals surface area (Å²) < 4.78 is 0. The number of benzene rings is 1. The first-order valence-electron chi connectivity index (χ1n) is 6.65. The van der Waals surface area contributed by atoms with E-state index in [9.17, 15) is 0 Å². The first-order chi connectivity index (χ1) is 8.70. The molecule has 0 radical (unpaired) electrons. The molecule has 2 rings (SSSR count). The van der Waals surface area contributed by atoms with Gasteiger partial charge in [-0.1, -0.05) is 26.0 Å². The molecule has 0 unspecified atom stereocenters. The standard InChI is InChI=1S/C15H21N3/c1-13(2)14-4-3-5-15(12-14)18-10-8-17(7-6-16)9-11-18/h3-5,12-13H,7-11H2,1-2H3. The molecular weight excluding hydrogens is 222 g/mol. The van der Waals surface area contributed by atoms with Gasteiger partial charge in [0.25, 0.3) is 0 Å². The van der Waals surface area contributed by atoms with Gasteiger partial charge in [0.15, 0.2) is 0 Å². The average Bonchev–Trinajstić information content (AvgIpc) is 2.40. The van der Waals surface area contributed by atoms with Gasteiger partial charge in [-0.25, -0.2) is 0 Å². The van der Waals surface area contributed by atoms with E-state index in [1.165, 1.54) is 11.3 Å². The maximum atomic E-state index is 8.69. The van der Waals surface area contributed by atoms with Gasteiger partial charge in [0.05, 0.1) is 12.6 Å². The van der Waals surface area contributed by atoms with Gasteiger partial charge < -0.3 is 4.90 Å². The molecule has 0 amide bonds. The van der Waals surface area contributed by atoms with E-state index in [0.717, 1.165) is 26.2 Å². The van der Waals surface area contributed by atoms with Gasteiger partial charge >= 0.3 is 0 Å². The minimum Gasteiger partial charge on any atom is -0.369 e. The van der Waals surface area contributed by atoms with Crippen molar-refractivity contribution in [2.75, 3.05) is 37.6 Å². The van der Waals surface area contributed by atoms with Crippen molar-refractivity contribution >= 4 is 5.69 Å². The lowest BCUT2D eigenvalue weighted by molar-refractivity contribution is 0.287. The largest absolute Gasteiger partial charge is 0.369 e. The maximum absolute atomic E-state index is 8.69. The molecule has 1 aromatic carbocycles. The summed E-state index contributed by atoms with van der Waals surface area (Å²) in [4.78, 5) is 4.63. The molecule has 1 aliphatic rings. The third kappa shape index (κ3) is 3.02. The number of anilines is 1. The van der Waals surface area contributed by atoms with Crippen LogP contribution in [0, 0.1) is 11.3 Å². The second-order valence-corrected chi connectivity index (χ2v) is 5.17. The smallest absolute Gasteiger partial charge is 0.0867 e. The van der Waals surface area contributed by atoms with E-state index < -0.39 is 0 Å². The fourth-order valence-electron chi connectivity index (χ4n) is 2.34. The molecule has 0 aliphatic carbocycles. The molecule has 0 saturated carbocycles. The van der Waals surface area contributed by atoms with Gasteiger partial charge in [0, 0.05) is 31.9 Å². The van der Waals surface area contributed by atoms with Gasteiger partial charge in [-0.05, 0) is 23.6 Å². The Bertz CT molecular complexity index is 426. The molecule has 96 valence electrons. The second kappa shape index (κ2) is 5.88. The first kappa shape index (κ1) is 12.9. The molecular formula is C15H21N3. The predicted molar refractivity (Wildman–Crippen MR) is 74.8 cm³/mol. The van der Waals surface area contributed by atoms with E-state index in [1.54, 1.807) is 0 Å². The van der Waals surface area contributed by atoms with Crippen LogP contribution >= 0.6 is 0 Å². The van der Waals surface area contributed by atoms with Gasteiger partial charge in [-0.3, -0.25) is 4.90 Å². The van der Waals surface area contributed by atoms with Crippen LogP contribution in [0.5, 0.6) is 0 Å². The fourth-order valence-corrected chi connectivity index (χ4v) is 2.34. The van der Waals surface area contributed by atoms with Crippen LogP contribution in [0.1, 0.15) is 25.3 Å². The quantitative estimate of drug-likeness (QED) is 0.764. The summed E-state index contributed by atoms with van der Waals surface area (Å²) in [5.41, 5.74) is 2.71. The molecule has 0 aromatic heterocycles. The number of rotatable bonds is 3. The zero-order valence-electron chi connectivity index (χ0n) is 11.3. The highest BCUT2D eigenvalue weighted by atomic mass is 15.3. The highest BCUT2D eigenvalue weighted by Crippen LogP contribution is 2.22. The van der Waals surface area contributed by atoms with Crippen molar-refractivity contribution in [3.8, 4) is 6.07 Å². The molecule has 1 saturated heterocycles.